The van der Waals surface area contributed by atoms with Crippen LogP contribution in [0.15, 0.2) is 6.20 Å². The molecule has 3 nitrogen and oxygen atoms in total. The molecule has 0 amide bonds. The number of hydrogen-bond donors (Lipinski definition) is 0. The second-order valence-electron chi connectivity index (χ2n) is 2.68. The average Bonchev–Trinajstić information content (AvgIpc) is 2.48. The molecule has 0 N–H and O–H groups in total. The number of unbranched alkanes of at least 4 members (excludes halogenated alkanes) is 1. The molecule has 0 unspecified atom stereocenters. The monoisotopic (exact) mass is 153 g/mol. The molecule has 62 valence electrons. The highest BCUT2D eigenvalue weighted by atomic mass is 15.4. The number of aryl methyl sites for hydroxylation is 2. The lowest BCUT2D eigenvalue weighted by atomic mass is 10.3. The highest BCUT2D eigenvalue weighted by Crippen LogP contribution is 1.96. The summed E-state index contributed by atoms with van der Waals surface area (Å²) in [5, 5.41) is 7.99. The number of hydrogen-bond acceptors (Lipinski definition) is 2. The first-order valence-electron chi connectivity index (χ1n) is 4.25. The van der Waals surface area contributed by atoms with Crippen LogP contribution in [0.5, 0.6) is 0 Å². The molecule has 3 heteroatoms. The highest BCUT2D eigenvalue weighted by molar-refractivity contribution is 4.90. The van der Waals surface area contributed by atoms with E-state index in [1.807, 2.05) is 10.9 Å². The third kappa shape index (κ3) is 2.33. The summed E-state index contributed by atoms with van der Waals surface area (Å²) in [4.78, 5) is 0. The van der Waals surface area contributed by atoms with Crippen molar-refractivity contribution in [2.24, 2.45) is 0 Å². The van der Waals surface area contributed by atoms with Crippen LogP contribution in [-0.4, -0.2) is 15.0 Å². The molecule has 0 saturated carbocycles. The Hall–Kier alpha value is -0.860. The van der Waals surface area contributed by atoms with E-state index < -0.39 is 0 Å². The van der Waals surface area contributed by atoms with Crippen molar-refractivity contribution in [3.63, 3.8) is 0 Å². The molecule has 0 fully saturated rings. The van der Waals surface area contributed by atoms with Gasteiger partial charge in [-0.2, -0.15) is 0 Å². The second-order valence-corrected chi connectivity index (χ2v) is 2.68. The highest BCUT2D eigenvalue weighted by Gasteiger charge is 1.95. The zero-order valence-electron chi connectivity index (χ0n) is 7.25. The van der Waals surface area contributed by atoms with Gasteiger partial charge in [0.15, 0.2) is 0 Å². The predicted octanol–water partition coefficient (Wildman–Crippen LogP) is 1.64. The molecule has 0 aliphatic rings. The SMILES string of the molecule is CCCCn1cc(CC)nn1. The Kier molecular flexibility index (Phi) is 3.08. The molecule has 1 heterocycles. The van der Waals surface area contributed by atoms with Gasteiger partial charge in [0.25, 0.3) is 0 Å². The summed E-state index contributed by atoms with van der Waals surface area (Å²) in [5.41, 5.74) is 1.08. The average molecular weight is 153 g/mol. The topological polar surface area (TPSA) is 30.7 Å². The van der Waals surface area contributed by atoms with Crippen molar-refractivity contribution in [1.82, 2.24) is 15.0 Å². The van der Waals surface area contributed by atoms with E-state index in [4.69, 9.17) is 0 Å². The van der Waals surface area contributed by atoms with Crippen molar-refractivity contribution in [1.29, 1.82) is 0 Å². The summed E-state index contributed by atoms with van der Waals surface area (Å²) < 4.78 is 1.92. The Morgan fingerprint density at radius 2 is 2.27 bits per heavy atom. The quantitative estimate of drug-likeness (QED) is 0.658. The zero-order valence-corrected chi connectivity index (χ0v) is 7.25. The minimum atomic E-state index is 0.978. The number of aromatic nitrogens is 3. The van der Waals surface area contributed by atoms with Crippen LogP contribution in [0.4, 0.5) is 0 Å². The lowest BCUT2D eigenvalue weighted by Gasteiger charge is -1.94. The van der Waals surface area contributed by atoms with Crippen LogP contribution in [0.2, 0.25) is 0 Å². The van der Waals surface area contributed by atoms with Gasteiger partial charge in [-0.15, -0.1) is 5.10 Å². The fraction of sp³-hybridized carbons (Fsp3) is 0.750. The van der Waals surface area contributed by atoms with Gasteiger partial charge in [-0.25, -0.2) is 0 Å². The Morgan fingerprint density at radius 1 is 1.45 bits per heavy atom. The Morgan fingerprint density at radius 3 is 2.82 bits per heavy atom. The molecule has 0 spiro atoms. The van der Waals surface area contributed by atoms with Crippen molar-refractivity contribution < 1.29 is 0 Å². The van der Waals surface area contributed by atoms with Crippen molar-refractivity contribution in [2.45, 2.75) is 39.7 Å². The molecule has 0 saturated heterocycles. The molecule has 11 heavy (non-hydrogen) atoms. The van der Waals surface area contributed by atoms with E-state index in [1.165, 1.54) is 12.8 Å². The van der Waals surface area contributed by atoms with Crippen molar-refractivity contribution >= 4 is 0 Å². The minimum absolute atomic E-state index is 0.978. The van der Waals surface area contributed by atoms with Gasteiger partial charge in [-0.05, 0) is 12.8 Å². The molecule has 1 rings (SSSR count). The normalized spacial score (nSPS) is 10.4. The van der Waals surface area contributed by atoms with Gasteiger partial charge < -0.3 is 0 Å². The van der Waals surface area contributed by atoms with Crippen molar-refractivity contribution in [3.8, 4) is 0 Å². The molecule has 0 atom stereocenters. The van der Waals surface area contributed by atoms with E-state index in [9.17, 15) is 0 Å². The lowest BCUT2D eigenvalue weighted by Crippen LogP contribution is -1.97. The second kappa shape index (κ2) is 4.11. The van der Waals surface area contributed by atoms with Gasteiger partial charge in [-0.1, -0.05) is 25.5 Å². The summed E-state index contributed by atoms with van der Waals surface area (Å²) in [6.07, 6.45) is 5.40. The van der Waals surface area contributed by atoms with Crippen LogP contribution >= 0.6 is 0 Å². The van der Waals surface area contributed by atoms with Crippen LogP contribution < -0.4 is 0 Å². The first kappa shape index (κ1) is 8.24. The first-order chi connectivity index (χ1) is 5.36. The standard InChI is InChI=1S/C8H15N3/c1-3-5-6-11-7-8(4-2)9-10-11/h7H,3-6H2,1-2H3. The van der Waals surface area contributed by atoms with E-state index in [2.05, 4.69) is 24.2 Å². The van der Waals surface area contributed by atoms with Gasteiger partial charge in [0.2, 0.25) is 0 Å². The van der Waals surface area contributed by atoms with Crippen LogP contribution in [0.25, 0.3) is 0 Å². The minimum Gasteiger partial charge on any atom is -0.252 e. The van der Waals surface area contributed by atoms with Gasteiger partial charge in [0.05, 0.1) is 5.69 Å². The van der Waals surface area contributed by atoms with E-state index in [0.717, 1.165) is 18.7 Å². The molecular weight excluding hydrogens is 138 g/mol. The van der Waals surface area contributed by atoms with Crippen LogP contribution in [0.3, 0.4) is 0 Å². The van der Waals surface area contributed by atoms with E-state index in [-0.39, 0.29) is 0 Å². The van der Waals surface area contributed by atoms with Crippen molar-refractivity contribution in [3.05, 3.63) is 11.9 Å². The Bertz CT molecular complexity index is 205. The zero-order chi connectivity index (χ0) is 8.10. The van der Waals surface area contributed by atoms with Crippen LogP contribution in [0.1, 0.15) is 32.4 Å². The fourth-order valence-corrected chi connectivity index (χ4v) is 0.930. The third-order valence-corrected chi connectivity index (χ3v) is 1.69. The summed E-state index contributed by atoms with van der Waals surface area (Å²) in [7, 11) is 0. The number of rotatable bonds is 4. The third-order valence-electron chi connectivity index (χ3n) is 1.69. The lowest BCUT2D eigenvalue weighted by molar-refractivity contribution is 0.553. The molecule has 1 aromatic heterocycles. The smallest absolute Gasteiger partial charge is 0.0824 e. The van der Waals surface area contributed by atoms with E-state index in [1.54, 1.807) is 0 Å². The first-order valence-corrected chi connectivity index (χ1v) is 4.25. The predicted molar refractivity (Wildman–Crippen MR) is 44.3 cm³/mol. The summed E-state index contributed by atoms with van der Waals surface area (Å²) in [5.74, 6) is 0. The van der Waals surface area contributed by atoms with Crippen LogP contribution in [-0.2, 0) is 13.0 Å². The van der Waals surface area contributed by atoms with Gasteiger partial charge >= 0.3 is 0 Å². The van der Waals surface area contributed by atoms with Gasteiger partial charge in [0.1, 0.15) is 0 Å². The van der Waals surface area contributed by atoms with Crippen molar-refractivity contribution in [2.75, 3.05) is 0 Å². The molecular formula is C8H15N3. The maximum atomic E-state index is 4.00. The maximum absolute atomic E-state index is 4.00. The Labute approximate surface area is 67.4 Å². The summed E-state index contributed by atoms with van der Waals surface area (Å²) >= 11 is 0. The molecule has 0 aliphatic heterocycles. The molecule has 0 aromatic carbocycles. The Balaban J connectivity index is 2.44. The van der Waals surface area contributed by atoms with E-state index in [0.29, 0.717) is 0 Å². The van der Waals surface area contributed by atoms with E-state index >= 15 is 0 Å². The summed E-state index contributed by atoms with van der Waals surface area (Å²) in [6.45, 7) is 5.27. The maximum Gasteiger partial charge on any atom is 0.0824 e. The molecule has 0 bridgehead atoms. The van der Waals surface area contributed by atoms with Gasteiger partial charge in [-0.3, -0.25) is 4.68 Å². The fourth-order valence-electron chi connectivity index (χ4n) is 0.930. The molecule has 0 radical (unpaired) electrons. The summed E-state index contributed by atoms with van der Waals surface area (Å²) in [6, 6.07) is 0. The van der Waals surface area contributed by atoms with Crippen LogP contribution in [0, 0.1) is 0 Å². The molecule has 1 aromatic rings. The largest absolute Gasteiger partial charge is 0.252 e. The van der Waals surface area contributed by atoms with Gasteiger partial charge in [0, 0.05) is 12.7 Å². The number of nitrogens with zero attached hydrogens (tertiary/aromatic N) is 3. The molecule has 0 aliphatic carbocycles.